The molecule has 8 heteroatoms. The van der Waals surface area contributed by atoms with Gasteiger partial charge in [0.1, 0.15) is 11.0 Å². The Morgan fingerprint density at radius 1 is 0.903 bits per heavy atom. The number of anilines is 2. The molecule has 1 saturated heterocycles. The summed E-state index contributed by atoms with van der Waals surface area (Å²) in [5.41, 5.74) is 3.05. The van der Waals surface area contributed by atoms with Crippen LogP contribution in [-0.2, 0) is 0 Å². The molecule has 0 bridgehead atoms. The number of H-pyrrole nitrogens is 1. The third-order valence-corrected chi connectivity index (χ3v) is 5.33. The van der Waals surface area contributed by atoms with Gasteiger partial charge in [-0.15, -0.1) is 0 Å². The minimum absolute atomic E-state index is 0.0535. The molecule has 154 valence electrons. The molecule has 4 aromatic rings. The minimum atomic E-state index is -0.265. The number of nitrogens with one attached hydrogen (secondary N) is 2. The average Bonchev–Trinajstić information content (AvgIpc) is 3.51. The van der Waals surface area contributed by atoms with Gasteiger partial charge in [-0.25, -0.2) is 9.97 Å². The maximum Gasteiger partial charge on any atom is 0.253 e. The van der Waals surface area contributed by atoms with Crippen LogP contribution in [0.15, 0.2) is 60.8 Å². The molecule has 2 aromatic heterocycles. The van der Waals surface area contributed by atoms with Gasteiger partial charge < -0.3 is 10.2 Å². The van der Waals surface area contributed by atoms with Gasteiger partial charge in [-0.3, -0.25) is 14.7 Å². The van der Waals surface area contributed by atoms with E-state index < -0.39 is 0 Å². The molecule has 0 radical (unpaired) electrons. The normalized spacial score (nSPS) is 13.5. The van der Waals surface area contributed by atoms with E-state index in [1.165, 1.54) is 0 Å². The lowest BCUT2D eigenvalue weighted by molar-refractivity contribution is 0.0792. The molecule has 8 nitrogen and oxygen atoms in total. The van der Waals surface area contributed by atoms with Crippen molar-refractivity contribution in [3.63, 3.8) is 0 Å². The number of aromatic nitrogens is 4. The standard InChI is InChI=1S/C23H20N6O2/c30-20(15-6-2-1-3-7-15)22-26-18-14-24-28-19(18)21(27-22)25-17-10-8-16(9-11-17)23(31)29-12-4-5-13-29/h1-3,6-11,14H,4-5,12-13H2,(H,24,28)(H,25,26,27). The highest BCUT2D eigenvalue weighted by Crippen LogP contribution is 2.24. The van der Waals surface area contributed by atoms with Gasteiger partial charge in [0.2, 0.25) is 11.6 Å². The molecular formula is C23H20N6O2. The minimum Gasteiger partial charge on any atom is -0.339 e. The smallest absolute Gasteiger partial charge is 0.253 e. The summed E-state index contributed by atoms with van der Waals surface area (Å²) in [6, 6.07) is 16.2. The van der Waals surface area contributed by atoms with Crippen LogP contribution in [0, 0.1) is 0 Å². The number of carbonyl (C=O) groups excluding carboxylic acids is 2. The van der Waals surface area contributed by atoms with Crippen LogP contribution in [0.2, 0.25) is 0 Å². The number of aromatic amines is 1. The maximum absolute atomic E-state index is 12.8. The zero-order chi connectivity index (χ0) is 21.2. The van der Waals surface area contributed by atoms with E-state index in [1.54, 1.807) is 42.6 Å². The first-order chi connectivity index (χ1) is 15.2. The van der Waals surface area contributed by atoms with Crippen molar-refractivity contribution in [3.8, 4) is 0 Å². The number of nitrogens with zero attached hydrogens (tertiary/aromatic N) is 4. The topological polar surface area (TPSA) is 104 Å². The van der Waals surface area contributed by atoms with Gasteiger partial charge in [-0.2, -0.15) is 5.10 Å². The maximum atomic E-state index is 12.8. The van der Waals surface area contributed by atoms with E-state index in [-0.39, 0.29) is 17.5 Å². The lowest BCUT2D eigenvalue weighted by Crippen LogP contribution is -2.27. The van der Waals surface area contributed by atoms with Crippen LogP contribution < -0.4 is 5.32 Å². The number of carbonyl (C=O) groups is 2. The second-order valence-corrected chi connectivity index (χ2v) is 7.42. The third-order valence-electron chi connectivity index (χ3n) is 5.33. The molecule has 0 unspecified atom stereocenters. The largest absolute Gasteiger partial charge is 0.339 e. The molecule has 0 saturated carbocycles. The van der Waals surface area contributed by atoms with Crippen LogP contribution in [0.5, 0.6) is 0 Å². The first-order valence-corrected chi connectivity index (χ1v) is 10.2. The molecule has 1 aliphatic heterocycles. The Labute approximate surface area is 178 Å². The second-order valence-electron chi connectivity index (χ2n) is 7.42. The number of hydrogen-bond donors (Lipinski definition) is 2. The molecule has 0 spiro atoms. The number of ketones is 1. The molecule has 3 heterocycles. The number of hydrogen-bond acceptors (Lipinski definition) is 6. The Hall–Kier alpha value is -4.07. The van der Waals surface area contributed by atoms with E-state index >= 15 is 0 Å². The predicted molar refractivity (Wildman–Crippen MR) is 116 cm³/mol. The summed E-state index contributed by atoms with van der Waals surface area (Å²) in [5.74, 6) is 0.319. The molecule has 1 amide bonds. The summed E-state index contributed by atoms with van der Waals surface area (Å²) < 4.78 is 0. The molecular weight excluding hydrogens is 392 g/mol. The summed E-state index contributed by atoms with van der Waals surface area (Å²) in [7, 11) is 0. The molecule has 2 N–H and O–H groups in total. The highest BCUT2D eigenvalue weighted by atomic mass is 16.2. The van der Waals surface area contributed by atoms with Crippen molar-refractivity contribution in [1.82, 2.24) is 25.1 Å². The fourth-order valence-electron chi connectivity index (χ4n) is 3.69. The van der Waals surface area contributed by atoms with E-state index in [2.05, 4.69) is 25.5 Å². The number of benzene rings is 2. The van der Waals surface area contributed by atoms with E-state index in [1.807, 2.05) is 23.1 Å². The van der Waals surface area contributed by atoms with Crippen molar-refractivity contribution < 1.29 is 9.59 Å². The first kappa shape index (κ1) is 18.9. The van der Waals surface area contributed by atoms with Crippen molar-refractivity contribution in [2.24, 2.45) is 0 Å². The number of rotatable bonds is 5. The lowest BCUT2D eigenvalue weighted by Gasteiger charge is -2.15. The highest BCUT2D eigenvalue weighted by molar-refractivity contribution is 6.08. The predicted octanol–water partition coefficient (Wildman–Crippen LogP) is 3.56. The van der Waals surface area contributed by atoms with Gasteiger partial charge >= 0.3 is 0 Å². The SMILES string of the molecule is O=C(c1ccccc1)c1nc(Nc2ccc(C(=O)N3CCCC3)cc2)c2[nH]ncc2n1. The van der Waals surface area contributed by atoms with E-state index in [0.717, 1.165) is 31.6 Å². The number of fused-ring (bicyclic) bond motifs is 1. The van der Waals surface area contributed by atoms with Gasteiger partial charge in [0, 0.05) is 29.9 Å². The van der Waals surface area contributed by atoms with Crippen molar-refractivity contribution in [3.05, 3.63) is 77.7 Å². The van der Waals surface area contributed by atoms with Crippen LogP contribution in [0.25, 0.3) is 11.0 Å². The fraction of sp³-hybridized carbons (Fsp3) is 0.174. The Bertz CT molecular complexity index is 1240. The zero-order valence-electron chi connectivity index (χ0n) is 16.7. The van der Waals surface area contributed by atoms with E-state index in [9.17, 15) is 9.59 Å². The lowest BCUT2D eigenvalue weighted by atomic mass is 10.1. The number of amides is 1. The highest BCUT2D eigenvalue weighted by Gasteiger charge is 2.20. The molecule has 5 rings (SSSR count). The van der Waals surface area contributed by atoms with Crippen molar-refractivity contribution in [1.29, 1.82) is 0 Å². The molecule has 0 aliphatic carbocycles. The van der Waals surface area contributed by atoms with Crippen LogP contribution in [0.4, 0.5) is 11.5 Å². The summed E-state index contributed by atoms with van der Waals surface area (Å²) >= 11 is 0. The van der Waals surface area contributed by atoms with E-state index in [0.29, 0.717) is 28.0 Å². The molecule has 31 heavy (non-hydrogen) atoms. The molecule has 0 atom stereocenters. The van der Waals surface area contributed by atoms with Crippen molar-refractivity contribution in [2.75, 3.05) is 18.4 Å². The second kappa shape index (κ2) is 7.98. The fourth-order valence-corrected chi connectivity index (χ4v) is 3.69. The summed E-state index contributed by atoms with van der Waals surface area (Å²) in [5, 5.41) is 10.1. The van der Waals surface area contributed by atoms with Crippen LogP contribution >= 0.6 is 0 Å². The summed E-state index contributed by atoms with van der Waals surface area (Å²) in [6.07, 6.45) is 3.67. The van der Waals surface area contributed by atoms with Gasteiger partial charge in [-0.05, 0) is 37.1 Å². The molecule has 2 aromatic carbocycles. The summed E-state index contributed by atoms with van der Waals surface area (Å²) in [4.78, 5) is 36.1. The van der Waals surface area contributed by atoms with Crippen LogP contribution in [-0.4, -0.2) is 49.8 Å². The monoisotopic (exact) mass is 412 g/mol. The first-order valence-electron chi connectivity index (χ1n) is 10.2. The Morgan fingerprint density at radius 3 is 2.39 bits per heavy atom. The van der Waals surface area contributed by atoms with Gasteiger partial charge in [0.15, 0.2) is 5.82 Å². The van der Waals surface area contributed by atoms with Gasteiger partial charge in [0.05, 0.1) is 6.20 Å². The van der Waals surface area contributed by atoms with E-state index in [4.69, 9.17) is 0 Å². The average molecular weight is 412 g/mol. The molecule has 1 aliphatic rings. The quantitative estimate of drug-likeness (QED) is 0.486. The van der Waals surface area contributed by atoms with Crippen molar-refractivity contribution >= 4 is 34.2 Å². The summed E-state index contributed by atoms with van der Waals surface area (Å²) in [6.45, 7) is 1.63. The zero-order valence-corrected chi connectivity index (χ0v) is 16.7. The van der Waals surface area contributed by atoms with Crippen molar-refractivity contribution in [2.45, 2.75) is 12.8 Å². The Morgan fingerprint density at radius 2 is 1.65 bits per heavy atom. The third kappa shape index (κ3) is 3.75. The van der Waals surface area contributed by atoms with Gasteiger partial charge in [-0.1, -0.05) is 30.3 Å². The van der Waals surface area contributed by atoms with Crippen LogP contribution in [0.1, 0.15) is 39.4 Å². The number of likely N-dealkylation sites (tertiary alicyclic amines) is 1. The Kier molecular flexibility index (Phi) is 4.87. The van der Waals surface area contributed by atoms with Gasteiger partial charge in [0.25, 0.3) is 5.91 Å². The molecule has 1 fully saturated rings. The van der Waals surface area contributed by atoms with Crippen LogP contribution in [0.3, 0.4) is 0 Å². The Balaban J connectivity index is 1.43.